The predicted octanol–water partition coefficient (Wildman–Crippen LogP) is 1.57. The Labute approximate surface area is 115 Å². The number of rotatable bonds is 4. The number of likely N-dealkylation sites (tertiary alicyclic amines) is 1. The Kier molecular flexibility index (Phi) is 4.28. The van der Waals surface area contributed by atoms with Crippen LogP contribution in [0.15, 0.2) is 29.2 Å². The maximum Gasteiger partial charge on any atom is 0.175 e. The molecule has 0 spiro atoms. The summed E-state index contributed by atoms with van der Waals surface area (Å²) in [6, 6.07) is 7.93. The van der Waals surface area contributed by atoms with Crippen LogP contribution in [0.2, 0.25) is 0 Å². The highest BCUT2D eigenvalue weighted by Gasteiger charge is 2.28. The summed E-state index contributed by atoms with van der Waals surface area (Å²) in [6.07, 6.45) is 3.58. The van der Waals surface area contributed by atoms with Crippen molar-refractivity contribution in [1.29, 1.82) is 0 Å². The first-order valence-corrected chi connectivity index (χ1v) is 8.58. The van der Waals surface area contributed by atoms with Crippen LogP contribution >= 0.6 is 0 Å². The highest BCUT2D eigenvalue weighted by atomic mass is 32.2. The molecule has 0 bridgehead atoms. The number of nitrogens with zero attached hydrogens (tertiary/aromatic N) is 1. The third kappa shape index (κ3) is 3.16. The third-order valence-electron chi connectivity index (χ3n) is 3.98. The lowest BCUT2D eigenvalue weighted by Gasteiger charge is -2.30. The van der Waals surface area contributed by atoms with Gasteiger partial charge in [0.2, 0.25) is 0 Å². The normalized spacial score (nSPS) is 22.6. The summed E-state index contributed by atoms with van der Waals surface area (Å²) in [4.78, 5) is 2.79. The summed E-state index contributed by atoms with van der Waals surface area (Å²) in [5.74, 6) is 0. The van der Waals surface area contributed by atoms with E-state index in [4.69, 9.17) is 5.73 Å². The maximum atomic E-state index is 11.4. The SMILES string of the molecule is CC(c1ccc(S(C)(=O)=O)cc1)N1CCCC1CN. The van der Waals surface area contributed by atoms with E-state index in [1.807, 2.05) is 12.1 Å². The molecule has 0 radical (unpaired) electrons. The lowest BCUT2D eigenvalue weighted by atomic mass is 10.1. The van der Waals surface area contributed by atoms with E-state index in [0.29, 0.717) is 17.5 Å². The monoisotopic (exact) mass is 282 g/mol. The zero-order valence-corrected chi connectivity index (χ0v) is 12.4. The molecule has 0 amide bonds. The quantitative estimate of drug-likeness (QED) is 0.910. The van der Waals surface area contributed by atoms with Gasteiger partial charge in [-0.15, -0.1) is 0 Å². The first-order chi connectivity index (χ1) is 8.93. The van der Waals surface area contributed by atoms with Gasteiger partial charge in [0.15, 0.2) is 9.84 Å². The van der Waals surface area contributed by atoms with Crippen molar-refractivity contribution >= 4 is 9.84 Å². The van der Waals surface area contributed by atoms with Gasteiger partial charge in [0.1, 0.15) is 0 Å². The summed E-state index contributed by atoms with van der Waals surface area (Å²) in [6.45, 7) is 3.91. The number of nitrogens with two attached hydrogens (primary N) is 1. The zero-order valence-electron chi connectivity index (χ0n) is 11.5. The van der Waals surface area contributed by atoms with Crippen molar-refractivity contribution in [2.24, 2.45) is 5.73 Å². The van der Waals surface area contributed by atoms with Crippen LogP contribution in [0.25, 0.3) is 0 Å². The zero-order chi connectivity index (χ0) is 14.0. The van der Waals surface area contributed by atoms with Gasteiger partial charge >= 0.3 is 0 Å². The lowest BCUT2D eigenvalue weighted by molar-refractivity contribution is 0.197. The fourth-order valence-electron chi connectivity index (χ4n) is 2.81. The van der Waals surface area contributed by atoms with Crippen LogP contribution in [0.5, 0.6) is 0 Å². The molecule has 1 saturated heterocycles. The van der Waals surface area contributed by atoms with E-state index in [1.165, 1.54) is 12.7 Å². The van der Waals surface area contributed by atoms with Crippen LogP contribution in [0.4, 0.5) is 0 Å². The minimum absolute atomic E-state index is 0.282. The largest absolute Gasteiger partial charge is 0.329 e. The van der Waals surface area contributed by atoms with Crippen LogP contribution < -0.4 is 5.73 Å². The van der Waals surface area contributed by atoms with Gasteiger partial charge in [0.05, 0.1) is 4.90 Å². The number of sulfone groups is 1. The van der Waals surface area contributed by atoms with Crippen LogP contribution in [0, 0.1) is 0 Å². The highest BCUT2D eigenvalue weighted by Crippen LogP contribution is 2.29. The molecule has 2 unspecified atom stereocenters. The van der Waals surface area contributed by atoms with Crippen molar-refractivity contribution in [1.82, 2.24) is 4.90 Å². The Hall–Kier alpha value is -0.910. The molecule has 2 N–H and O–H groups in total. The molecule has 106 valence electrons. The summed E-state index contributed by atoms with van der Waals surface area (Å²) in [7, 11) is -3.11. The Bertz CT molecular complexity index is 525. The van der Waals surface area contributed by atoms with Crippen LogP contribution in [-0.4, -0.2) is 38.7 Å². The van der Waals surface area contributed by atoms with Gasteiger partial charge in [-0.3, -0.25) is 4.90 Å². The summed E-state index contributed by atoms with van der Waals surface area (Å²) in [5, 5.41) is 0. The molecule has 1 aliphatic heterocycles. The van der Waals surface area contributed by atoms with Gasteiger partial charge in [0.25, 0.3) is 0 Å². The van der Waals surface area contributed by atoms with E-state index >= 15 is 0 Å². The second kappa shape index (κ2) is 5.61. The van der Waals surface area contributed by atoms with Gasteiger partial charge in [-0.05, 0) is 44.0 Å². The van der Waals surface area contributed by atoms with Crippen molar-refractivity contribution in [3.8, 4) is 0 Å². The fourth-order valence-corrected chi connectivity index (χ4v) is 3.44. The van der Waals surface area contributed by atoms with Gasteiger partial charge in [-0.25, -0.2) is 8.42 Å². The second-order valence-electron chi connectivity index (χ2n) is 5.29. The third-order valence-corrected chi connectivity index (χ3v) is 5.11. The van der Waals surface area contributed by atoms with Gasteiger partial charge in [-0.1, -0.05) is 12.1 Å². The molecule has 2 rings (SSSR count). The van der Waals surface area contributed by atoms with Gasteiger partial charge in [-0.2, -0.15) is 0 Å². The molecule has 5 heteroatoms. The molecule has 1 heterocycles. The van der Waals surface area contributed by atoms with E-state index in [1.54, 1.807) is 12.1 Å². The second-order valence-corrected chi connectivity index (χ2v) is 7.30. The van der Waals surface area contributed by atoms with E-state index in [2.05, 4.69) is 11.8 Å². The first-order valence-electron chi connectivity index (χ1n) is 6.69. The van der Waals surface area contributed by atoms with Crippen LogP contribution in [0.1, 0.15) is 31.4 Å². The van der Waals surface area contributed by atoms with Gasteiger partial charge in [0, 0.05) is 24.9 Å². The minimum Gasteiger partial charge on any atom is -0.329 e. The number of benzene rings is 1. The topological polar surface area (TPSA) is 63.4 Å². The first kappa shape index (κ1) is 14.5. The fraction of sp³-hybridized carbons (Fsp3) is 0.571. The summed E-state index contributed by atoms with van der Waals surface area (Å²) >= 11 is 0. The van der Waals surface area contributed by atoms with Crippen LogP contribution in [0.3, 0.4) is 0 Å². The van der Waals surface area contributed by atoms with Crippen molar-refractivity contribution < 1.29 is 8.42 Å². The van der Waals surface area contributed by atoms with Gasteiger partial charge < -0.3 is 5.73 Å². The summed E-state index contributed by atoms with van der Waals surface area (Å²) < 4.78 is 22.9. The average molecular weight is 282 g/mol. The molecule has 1 aromatic rings. The predicted molar refractivity (Wildman–Crippen MR) is 76.7 cm³/mol. The number of hydrogen-bond acceptors (Lipinski definition) is 4. The molecule has 0 aliphatic carbocycles. The Balaban J connectivity index is 2.18. The molecule has 0 aromatic heterocycles. The average Bonchev–Trinajstić information content (AvgIpc) is 2.85. The van der Waals surface area contributed by atoms with Crippen molar-refractivity contribution in [3.05, 3.63) is 29.8 Å². The number of hydrogen-bond donors (Lipinski definition) is 1. The molecular weight excluding hydrogens is 260 g/mol. The molecule has 2 atom stereocenters. The lowest BCUT2D eigenvalue weighted by Crippen LogP contribution is -2.37. The smallest absolute Gasteiger partial charge is 0.175 e. The van der Waals surface area contributed by atoms with Crippen molar-refractivity contribution in [2.75, 3.05) is 19.3 Å². The minimum atomic E-state index is -3.11. The van der Waals surface area contributed by atoms with E-state index < -0.39 is 9.84 Å². The molecule has 1 aliphatic rings. The maximum absolute atomic E-state index is 11.4. The van der Waals surface area contributed by atoms with E-state index in [9.17, 15) is 8.42 Å². The Morgan fingerprint density at radius 1 is 1.37 bits per heavy atom. The van der Waals surface area contributed by atoms with Crippen molar-refractivity contribution in [2.45, 2.75) is 36.7 Å². The van der Waals surface area contributed by atoms with E-state index in [-0.39, 0.29) is 6.04 Å². The summed E-state index contributed by atoms with van der Waals surface area (Å²) in [5.41, 5.74) is 6.95. The Morgan fingerprint density at radius 3 is 2.53 bits per heavy atom. The van der Waals surface area contributed by atoms with Crippen molar-refractivity contribution in [3.63, 3.8) is 0 Å². The molecule has 4 nitrogen and oxygen atoms in total. The molecule has 1 fully saturated rings. The van der Waals surface area contributed by atoms with Crippen LogP contribution in [-0.2, 0) is 9.84 Å². The molecule has 1 aromatic carbocycles. The Morgan fingerprint density at radius 2 is 2.00 bits per heavy atom. The molecular formula is C14H22N2O2S. The molecule has 0 saturated carbocycles. The van der Waals surface area contributed by atoms with E-state index in [0.717, 1.165) is 18.5 Å². The highest BCUT2D eigenvalue weighted by molar-refractivity contribution is 7.90. The molecule has 19 heavy (non-hydrogen) atoms. The standard InChI is InChI=1S/C14H22N2O2S/c1-11(16-9-3-4-13(16)10-15)12-5-7-14(8-6-12)19(2,17)18/h5-8,11,13H,3-4,9-10,15H2,1-2H3.